The standard InChI is InChI=1S/C14H10N2O5.C10H8O/c17-11-14(20,12(18)16-13(19)15-11)10-7-6-9(21-10)8-4-2-1-3-5-8;1-2-5-9(6-3-1)10-7-4-8-11-10/h1-7,20H,(H2,15,16,17,18,19);1-8H. The lowest BCUT2D eigenvalue weighted by atomic mass is 9.97. The molecule has 4 aromatic rings. The Kier molecular flexibility index (Phi) is 5.69. The maximum atomic E-state index is 11.8. The van der Waals surface area contributed by atoms with Crippen LogP contribution in [0.3, 0.4) is 0 Å². The molecule has 160 valence electrons. The number of hydrogen-bond acceptors (Lipinski definition) is 6. The fourth-order valence-corrected chi connectivity index (χ4v) is 3.08. The van der Waals surface area contributed by atoms with Crippen LogP contribution in [0, 0.1) is 0 Å². The average Bonchev–Trinajstić information content (AvgIpc) is 3.52. The molecule has 32 heavy (non-hydrogen) atoms. The molecule has 0 atom stereocenters. The second kappa shape index (κ2) is 8.75. The third-order valence-electron chi connectivity index (χ3n) is 4.71. The normalized spacial score (nSPS) is 14.7. The highest BCUT2D eigenvalue weighted by molar-refractivity contribution is 6.21. The van der Waals surface area contributed by atoms with E-state index in [2.05, 4.69) is 0 Å². The van der Waals surface area contributed by atoms with E-state index in [1.165, 1.54) is 12.1 Å². The third-order valence-corrected chi connectivity index (χ3v) is 4.71. The molecule has 8 heteroatoms. The Morgan fingerprint density at radius 1 is 0.656 bits per heavy atom. The Hall–Kier alpha value is -4.43. The molecule has 0 bridgehead atoms. The van der Waals surface area contributed by atoms with E-state index in [4.69, 9.17) is 8.83 Å². The number of hydrogen-bond donors (Lipinski definition) is 3. The van der Waals surface area contributed by atoms with Crippen LogP contribution in [0.2, 0.25) is 0 Å². The van der Waals surface area contributed by atoms with Gasteiger partial charge in [-0.05, 0) is 24.3 Å². The highest BCUT2D eigenvalue weighted by atomic mass is 16.4. The predicted molar refractivity (Wildman–Crippen MR) is 114 cm³/mol. The van der Waals surface area contributed by atoms with Gasteiger partial charge in [0.05, 0.1) is 6.26 Å². The van der Waals surface area contributed by atoms with Crippen molar-refractivity contribution < 1.29 is 28.3 Å². The quantitative estimate of drug-likeness (QED) is 0.428. The first-order valence-corrected chi connectivity index (χ1v) is 9.62. The Morgan fingerprint density at radius 2 is 1.22 bits per heavy atom. The van der Waals surface area contributed by atoms with E-state index < -0.39 is 23.4 Å². The van der Waals surface area contributed by atoms with Gasteiger partial charge in [-0.2, -0.15) is 0 Å². The van der Waals surface area contributed by atoms with Gasteiger partial charge in [-0.25, -0.2) is 4.79 Å². The van der Waals surface area contributed by atoms with Gasteiger partial charge in [0.1, 0.15) is 11.5 Å². The summed E-state index contributed by atoms with van der Waals surface area (Å²) >= 11 is 0. The van der Waals surface area contributed by atoms with Crippen LogP contribution in [0.25, 0.3) is 22.6 Å². The summed E-state index contributed by atoms with van der Waals surface area (Å²) in [5.41, 5.74) is -0.724. The number of carbonyl (C=O) groups is 3. The molecule has 0 radical (unpaired) electrons. The highest BCUT2D eigenvalue weighted by Gasteiger charge is 2.53. The van der Waals surface area contributed by atoms with E-state index >= 15 is 0 Å². The first-order valence-electron chi connectivity index (χ1n) is 9.62. The van der Waals surface area contributed by atoms with Crippen molar-refractivity contribution in [3.63, 3.8) is 0 Å². The van der Waals surface area contributed by atoms with Crippen LogP contribution in [0.5, 0.6) is 0 Å². The van der Waals surface area contributed by atoms with Crippen molar-refractivity contribution in [1.82, 2.24) is 10.6 Å². The minimum Gasteiger partial charge on any atom is -0.464 e. The predicted octanol–water partition coefficient (Wildman–Crippen LogP) is 3.45. The van der Waals surface area contributed by atoms with Gasteiger partial charge in [0.2, 0.25) is 0 Å². The molecule has 1 aliphatic rings. The summed E-state index contributed by atoms with van der Waals surface area (Å²) in [6.07, 6.45) is 1.68. The second-order valence-electron chi connectivity index (χ2n) is 6.82. The molecule has 0 aliphatic carbocycles. The van der Waals surface area contributed by atoms with Crippen molar-refractivity contribution in [2.45, 2.75) is 5.60 Å². The van der Waals surface area contributed by atoms with Gasteiger partial charge in [-0.15, -0.1) is 0 Å². The number of urea groups is 1. The van der Waals surface area contributed by atoms with Crippen molar-refractivity contribution in [1.29, 1.82) is 0 Å². The molecule has 2 aromatic heterocycles. The van der Waals surface area contributed by atoms with Crippen LogP contribution in [0.15, 0.2) is 100 Å². The van der Waals surface area contributed by atoms with Gasteiger partial charge >= 0.3 is 6.03 Å². The number of imide groups is 2. The summed E-state index contributed by atoms with van der Waals surface area (Å²) in [5, 5.41) is 13.9. The minimum atomic E-state index is -2.57. The number of nitrogens with one attached hydrogen (secondary N) is 2. The summed E-state index contributed by atoms with van der Waals surface area (Å²) in [7, 11) is 0. The van der Waals surface area contributed by atoms with Crippen LogP contribution in [-0.4, -0.2) is 23.0 Å². The molecule has 2 aromatic carbocycles. The molecule has 5 rings (SSSR count). The molecule has 1 aliphatic heterocycles. The molecule has 3 N–H and O–H groups in total. The molecule has 0 unspecified atom stereocenters. The van der Waals surface area contributed by atoms with Crippen molar-refractivity contribution in [2.24, 2.45) is 0 Å². The lowest BCUT2D eigenvalue weighted by molar-refractivity contribution is -0.157. The zero-order valence-electron chi connectivity index (χ0n) is 16.6. The van der Waals surface area contributed by atoms with Crippen LogP contribution in [-0.2, 0) is 15.2 Å². The Morgan fingerprint density at radius 3 is 1.75 bits per heavy atom. The second-order valence-corrected chi connectivity index (χ2v) is 6.82. The van der Waals surface area contributed by atoms with E-state index in [0.717, 1.165) is 16.9 Å². The van der Waals surface area contributed by atoms with Gasteiger partial charge < -0.3 is 13.9 Å². The molecule has 0 saturated carbocycles. The first kappa shape index (κ1) is 20.8. The molecular weight excluding hydrogens is 412 g/mol. The first-order chi connectivity index (χ1) is 15.5. The van der Waals surface area contributed by atoms with Crippen LogP contribution in [0.4, 0.5) is 4.79 Å². The van der Waals surface area contributed by atoms with E-state index in [-0.39, 0.29) is 5.76 Å². The summed E-state index contributed by atoms with van der Waals surface area (Å²) in [5.74, 6) is -1.25. The fourth-order valence-electron chi connectivity index (χ4n) is 3.08. The Balaban J connectivity index is 0.000000186. The van der Waals surface area contributed by atoms with Crippen LogP contribution in [0.1, 0.15) is 5.76 Å². The van der Waals surface area contributed by atoms with Gasteiger partial charge in [-0.1, -0.05) is 60.7 Å². The number of furan rings is 2. The van der Waals surface area contributed by atoms with Gasteiger partial charge in [0, 0.05) is 11.1 Å². The highest BCUT2D eigenvalue weighted by Crippen LogP contribution is 2.30. The van der Waals surface area contributed by atoms with E-state index in [1.807, 2.05) is 59.2 Å². The zero-order chi connectivity index (χ0) is 22.6. The van der Waals surface area contributed by atoms with Crippen molar-refractivity contribution >= 4 is 17.8 Å². The number of rotatable bonds is 3. The number of carbonyl (C=O) groups excluding carboxylic acids is 3. The lowest BCUT2D eigenvalue weighted by Crippen LogP contribution is -2.64. The maximum Gasteiger partial charge on any atom is 0.328 e. The lowest BCUT2D eigenvalue weighted by Gasteiger charge is -2.26. The fraction of sp³-hybridized carbons (Fsp3) is 0.0417. The summed E-state index contributed by atoms with van der Waals surface area (Å²) in [6.45, 7) is 0. The number of barbiturate groups is 1. The Bertz CT molecular complexity index is 1210. The van der Waals surface area contributed by atoms with Crippen molar-refractivity contribution in [2.75, 3.05) is 0 Å². The van der Waals surface area contributed by atoms with Gasteiger partial charge in [0.25, 0.3) is 17.4 Å². The molecule has 1 saturated heterocycles. The zero-order valence-corrected chi connectivity index (χ0v) is 16.6. The molecular formula is C24H18N2O6. The smallest absolute Gasteiger partial charge is 0.328 e. The maximum absolute atomic E-state index is 11.8. The van der Waals surface area contributed by atoms with Gasteiger partial charge in [0.15, 0.2) is 5.76 Å². The number of aliphatic hydroxyl groups is 1. The topological polar surface area (TPSA) is 122 Å². The summed E-state index contributed by atoms with van der Waals surface area (Å²) in [6, 6.07) is 24.7. The summed E-state index contributed by atoms with van der Waals surface area (Å²) in [4.78, 5) is 34.6. The summed E-state index contributed by atoms with van der Waals surface area (Å²) < 4.78 is 10.6. The van der Waals surface area contributed by atoms with E-state index in [0.29, 0.717) is 5.76 Å². The molecule has 0 spiro atoms. The third kappa shape index (κ3) is 4.07. The molecule has 8 nitrogen and oxygen atoms in total. The molecule has 3 heterocycles. The van der Waals surface area contributed by atoms with Gasteiger partial charge in [-0.3, -0.25) is 20.2 Å². The van der Waals surface area contributed by atoms with Crippen molar-refractivity contribution in [3.8, 4) is 22.6 Å². The number of benzene rings is 2. The average molecular weight is 430 g/mol. The van der Waals surface area contributed by atoms with E-state index in [9.17, 15) is 19.5 Å². The van der Waals surface area contributed by atoms with Crippen molar-refractivity contribution in [3.05, 3.63) is 97.0 Å². The largest absolute Gasteiger partial charge is 0.464 e. The molecule has 4 amide bonds. The Labute approximate surface area is 182 Å². The van der Waals surface area contributed by atoms with E-state index in [1.54, 1.807) is 30.5 Å². The van der Waals surface area contributed by atoms with Crippen LogP contribution < -0.4 is 10.6 Å². The molecule has 1 fully saturated rings. The monoisotopic (exact) mass is 430 g/mol. The van der Waals surface area contributed by atoms with Crippen LogP contribution >= 0.6 is 0 Å². The minimum absolute atomic E-state index is 0.260. The number of amides is 4. The SMILES string of the molecule is O=C1NC(=O)C(O)(c2ccc(-c3ccccc3)o2)C(=O)N1.c1ccc(-c2ccco2)cc1.